The Morgan fingerprint density at radius 1 is 1.04 bits per heavy atom. The highest BCUT2D eigenvalue weighted by Gasteiger charge is 2.12. The zero-order valence-electron chi connectivity index (χ0n) is 13.0. The molecule has 0 aliphatic carbocycles. The van der Waals surface area contributed by atoms with Crippen molar-refractivity contribution in [2.45, 2.75) is 5.16 Å². The van der Waals surface area contributed by atoms with Gasteiger partial charge in [0.05, 0.1) is 33.4 Å². The molecule has 2 N–H and O–H groups in total. The summed E-state index contributed by atoms with van der Waals surface area (Å²) < 4.78 is 0. The molecule has 1 amide bonds. The second kappa shape index (κ2) is 8.55. The Morgan fingerprint density at radius 2 is 1.69 bits per heavy atom. The zero-order chi connectivity index (χ0) is 18.7. The molecule has 134 valence electrons. The fourth-order valence-electron chi connectivity index (χ4n) is 2.12. The zero-order valence-corrected chi connectivity index (χ0v) is 16.9. The Kier molecular flexibility index (Phi) is 6.37. The van der Waals surface area contributed by atoms with Gasteiger partial charge in [-0.15, -0.1) is 0 Å². The van der Waals surface area contributed by atoms with Crippen LogP contribution in [-0.2, 0) is 4.79 Å². The van der Waals surface area contributed by atoms with Crippen molar-refractivity contribution in [3.8, 4) is 11.3 Å². The number of nitrogens with one attached hydrogen (secondary N) is 2. The van der Waals surface area contributed by atoms with Crippen molar-refractivity contribution < 1.29 is 4.79 Å². The Morgan fingerprint density at radius 3 is 2.35 bits per heavy atom. The third-order valence-corrected chi connectivity index (χ3v) is 5.27. The van der Waals surface area contributed by atoms with E-state index in [2.05, 4.69) is 15.3 Å². The van der Waals surface area contributed by atoms with Gasteiger partial charge in [-0.05, 0) is 29.8 Å². The summed E-state index contributed by atoms with van der Waals surface area (Å²) in [5.41, 5.74) is 2.14. The summed E-state index contributed by atoms with van der Waals surface area (Å²) in [6.45, 7) is 0. The number of H-pyrrole nitrogens is 1. The summed E-state index contributed by atoms with van der Waals surface area (Å²) in [4.78, 5) is 19.6. The van der Waals surface area contributed by atoms with Crippen LogP contribution < -0.4 is 5.32 Å². The van der Waals surface area contributed by atoms with Crippen LogP contribution in [0.15, 0.2) is 47.8 Å². The molecule has 0 aliphatic heterocycles. The fourth-order valence-corrected chi connectivity index (χ4v) is 3.81. The number of aromatic nitrogens is 2. The van der Waals surface area contributed by atoms with Crippen LogP contribution in [0.1, 0.15) is 0 Å². The maximum Gasteiger partial charge on any atom is 0.234 e. The fraction of sp³-hybridized carbons (Fsp3) is 0.0588. The van der Waals surface area contributed by atoms with Crippen LogP contribution in [0.4, 0.5) is 5.69 Å². The predicted octanol–water partition coefficient (Wildman–Crippen LogP) is 6.42. The third-order valence-electron chi connectivity index (χ3n) is 3.32. The topological polar surface area (TPSA) is 57.8 Å². The monoisotopic (exact) mass is 445 g/mol. The molecule has 0 atom stereocenters. The van der Waals surface area contributed by atoms with Crippen molar-refractivity contribution in [2.24, 2.45) is 0 Å². The molecule has 0 bridgehead atoms. The lowest BCUT2D eigenvalue weighted by molar-refractivity contribution is -0.113. The first-order chi connectivity index (χ1) is 12.4. The lowest BCUT2D eigenvalue weighted by Crippen LogP contribution is -2.14. The third kappa shape index (κ3) is 4.87. The molecule has 0 fully saturated rings. The molecule has 2 aromatic carbocycles. The standard InChI is InChI=1S/C17H11Cl4N3OS/c18-10-3-1-9(2-4-10)14-7-22-17(23-14)26-8-15(25)24-16-12(20)5-11(19)6-13(16)21/h1-7H,8H2,(H,22,23)(H,24,25). The molecule has 0 aliphatic rings. The van der Waals surface area contributed by atoms with Gasteiger partial charge in [0.1, 0.15) is 0 Å². The largest absolute Gasteiger partial charge is 0.333 e. The second-order valence-electron chi connectivity index (χ2n) is 5.19. The van der Waals surface area contributed by atoms with Crippen LogP contribution >= 0.6 is 58.2 Å². The second-order valence-corrected chi connectivity index (χ2v) is 7.84. The van der Waals surface area contributed by atoms with Gasteiger partial charge >= 0.3 is 0 Å². The number of hydrogen-bond donors (Lipinski definition) is 2. The molecule has 0 unspecified atom stereocenters. The number of carbonyl (C=O) groups excluding carboxylic acids is 1. The number of anilines is 1. The molecule has 0 saturated carbocycles. The van der Waals surface area contributed by atoms with Crippen molar-refractivity contribution in [1.82, 2.24) is 9.97 Å². The van der Waals surface area contributed by atoms with E-state index < -0.39 is 0 Å². The van der Waals surface area contributed by atoms with Crippen LogP contribution in [0.3, 0.4) is 0 Å². The Balaban J connectivity index is 1.61. The molecule has 9 heteroatoms. The van der Waals surface area contributed by atoms with Crippen molar-refractivity contribution >= 4 is 69.8 Å². The van der Waals surface area contributed by atoms with Gasteiger partial charge in [-0.2, -0.15) is 0 Å². The normalized spacial score (nSPS) is 10.8. The number of nitrogens with zero attached hydrogens (tertiary/aromatic N) is 1. The van der Waals surface area contributed by atoms with Gasteiger partial charge in [0.2, 0.25) is 5.91 Å². The molecule has 3 rings (SSSR count). The summed E-state index contributed by atoms with van der Waals surface area (Å²) in [5, 5.41) is 4.93. The summed E-state index contributed by atoms with van der Waals surface area (Å²) in [7, 11) is 0. The van der Waals surface area contributed by atoms with E-state index in [1.807, 2.05) is 12.1 Å². The van der Waals surface area contributed by atoms with Gasteiger partial charge in [-0.25, -0.2) is 4.98 Å². The van der Waals surface area contributed by atoms with E-state index in [1.54, 1.807) is 18.3 Å². The van der Waals surface area contributed by atoms with Crippen LogP contribution in [0.5, 0.6) is 0 Å². The van der Waals surface area contributed by atoms with Crippen LogP contribution in [0, 0.1) is 0 Å². The van der Waals surface area contributed by atoms with E-state index in [-0.39, 0.29) is 21.7 Å². The Bertz CT molecular complexity index is 920. The molecule has 0 saturated heterocycles. The van der Waals surface area contributed by atoms with E-state index in [0.717, 1.165) is 11.3 Å². The van der Waals surface area contributed by atoms with Crippen LogP contribution in [-0.4, -0.2) is 21.6 Å². The van der Waals surface area contributed by atoms with Crippen molar-refractivity contribution in [3.63, 3.8) is 0 Å². The average Bonchev–Trinajstić information content (AvgIpc) is 3.06. The Hall–Kier alpha value is -1.37. The smallest absolute Gasteiger partial charge is 0.234 e. The van der Waals surface area contributed by atoms with E-state index in [9.17, 15) is 4.79 Å². The van der Waals surface area contributed by atoms with Gasteiger partial charge in [-0.3, -0.25) is 4.79 Å². The molecule has 1 heterocycles. The van der Waals surface area contributed by atoms with Gasteiger partial charge in [0.25, 0.3) is 0 Å². The van der Waals surface area contributed by atoms with Gasteiger partial charge in [0, 0.05) is 10.0 Å². The van der Waals surface area contributed by atoms with Gasteiger partial charge < -0.3 is 10.3 Å². The average molecular weight is 447 g/mol. The van der Waals surface area contributed by atoms with Crippen molar-refractivity contribution in [2.75, 3.05) is 11.1 Å². The number of aromatic amines is 1. The Labute approximate surface area is 174 Å². The highest BCUT2D eigenvalue weighted by molar-refractivity contribution is 7.99. The minimum atomic E-state index is -0.259. The molecule has 26 heavy (non-hydrogen) atoms. The SMILES string of the molecule is O=C(CSc1ncc(-c2ccc(Cl)cc2)[nH]1)Nc1c(Cl)cc(Cl)cc1Cl. The highest BCUT2D eigenvalue weighted by Crippen LogP contribution is 2.33. The first-order valence-electron chi connectivity index (χ1n) is 7.30. The highest BCUT2D eigenvalue weighted by atomic mass is 35.5. The lowest BCUT2D eigenvalue weighted by Gasteiger charge is -2.09. The molecule has 3 aromatic rings. The van der Waals surface area contributed by atoms with E-state index >= 15 is 0 Å². The van der Waals surface area contributed by atoms with E-state index in [4.69, 9.17) is 46.4 Å². The quantitative estimate of drug-likeness (QED) is 0.444. The number of rotatable bonds is 5. The maximum atomic E-state index is 12.2. The maximum absolute atomic E-state index is 12.2. The van der Waals surface area contributed by atoms with Crippen molar-refractivity contribution in [1.29, 1.82) is 0 Å². The number of benzene rings is 2. The molecular formula is C17H11Cl4N3OS. The van der Waals surface area contributed by atoms with Crippen molar-refractivity contribution in [3.05, 3.63) is 62.7 Å². The first kappa shape index (κ1) is 19.4. The van der Waals surface area contributed by atoms with Crippen LogP contribution in [0.2, 0.25) is 20.1 Å². The summed E-state index contributed by atoms with van der Waals surface area (Å²) >= 11 is 25.1. The number of hydrogen-bond acceptors (Lipinski definition) is 3. The predicted molar refractivity (Wildman–Crippen MR) is 110 cm³/mol. The molecule has 1 aromatic heterocycles. The minimum Gasteiger partial charge on any atom is -0.333 e. The summed E-state index contributed by atoms with van der Waals surface area (Å²) in [5.74, 6) is -0.117. The molecule has 0 radical (unpaired) electrons. The van der Waals surface area contributed by atoms with Gasteiger partial charge in [-0.1, -0.05) is 70.3 Å². The number of imidazole rings is 1. The molecular weight excluding hydrogens is 436 g/mol. The summed E-state index contributed by atoms with van der Waals surface area (Å²) in [6, 6.07) is 10.4. The van der Waals surface area contributed by atoms with E-state index in [0.29, 0.717) is 20.9 Å². The first-order valence-corrected chi connectivity index (χ1v) is 9.80. The molecule has 0 spiro atoms. The molecule has 4 nitrogen and oxygen atoms in total. The number of carbonyl (C=O) groups is 1. The van der Waals surface area contributed by atoms with Crippen LogP contribution in [0.25, 0.3) is 11.3 Å². The van der Waals surface area contributed by atoms with Gasteiger partial charge in [0.15, 0.2) is 5.16 Å². The van der Waals surface area contributed by atoms with E-state index in [1.165, 1.54) is 23.9 Å². The number of thioether (sulfide) groups is 1. The minimum absolute atomic E-state index is 0.142. The number of amides is 1. The number of halogens is 4. The summed E-state index contributed by atoms with van der Waals surface area (Å²) in [6.07, 6.45) is 1.70. The lowest BCUT2D eigenvalue weighted by atomic mass is 10.2.